The predicted molar refractivity (Wildman–Crippen MR) is 78.2 cm³/mol. The Labute approximate surface area is 114 Å². The zero-order valence-corrected chi connectivity index (χ0v) is 11.5. The van der Waals surface area contributed by atoms with Crippen molar-refractivity contribution in [3.05, 3.63) is 42.5 Å². The summed E-state index contributed by atoms with van der Waals surface area (Å²) in [5.74, 6) is 0. The summed E-state index contributed by atoms with van der Waals surface area (Å²) in [5.41, 5.74) is 2.43. The monoisotopic (exact) mass is 258 g/mol. The van der Waals surface area contributed by atoms with E-state index in [0.717, 1.165) is 13.1 Å². The van der Waals surface area contributed by atoms with E-state index in [4.69, 9.17) is 0 Å². The third-order valence-electron chi connectivity index (χ3n) is 3.10. The van der Waals surface area contributed by atoms with Gasteiger partial charge in [0, 0.05) is 12.2 Å². The SMILES string of the molecule is CCCCCCNc1cccc(Cn2cncn2)c1. The minimum absolute atomic E-state index is 0.769. The lowest BCUT2D eigenvalue weighted by Crippen LogP contribution is -2.03. The van der Waals surface area contributed by atoms with Gasteiger partial charge in [0.2, 0.25) is 0 Å². The molecule has 0 radical (unpaired) electrons. The van der Waals surface area contributed by atoms with E-state index >= 15 is 0 Å². The first-order chi connectivity index (χ1) is 9.38. The fraction of sp³-hybridized carbons (Fsp3) is 0.467. The van der Waals surface area contributed by atoms with Crippen molar-refractivity contribution >= 4 is 5.69 Å². The van der Waals surface area contributed by atoms with E-state index in [1.807, 2.05) is 4.68 Å². The maximum atomic E-state index is 4.12. The molecule has 0 aliphatic carbocycles. The molecule has 0 unspecified atom stereocenters. The second kappa shape index (κ2) is 7.56. The minimum atomic E-state index is 0.769. The highest BCUT2D eigenvalue weighted by atomic mass is 15.3. The molecule has 0 fully saturated rings. The Hall–Kier alpha value is -1.84. The third-order valence-corrected chi connectivity index (χ3v) is 3.10. The fourth-order valence-electron chi connectivity index (χ4n) is 2.07. The van der Waals surface area contributed by atoms with Gasteiger partial charge in [0.05, 0.1) is 6.54 Å². The topological polar surface area (TPSA) is 42.7 Å². The van der Waals surface area contributed by atoms with E-state index in [1.54, 1.807) is 12.7 Å². The van der Waals surface area contributed by atoms with Crippen molar-refractivity contribution in [1.82, 2.24) is 14.8 Å². The Morgan fingerprint density at radius 2 is 2.16 bits per heavy atom. The standard InChI is InChI=1S/C15H22N4/c1-2-3-4-5-9-17-15-8-6-7-14(10-15)11-19-13-16-12-18-19/h6-8,10,12-13,17H,2-5,9,11H2,1H3. The number of unbranched alkanes of at least 4 members (excludes halogenated alkanes) is 3. The molecule has 0 spiro atoms. The highest BCUT2D eigenvalue weighted by Crippen LogP contribution is 2.12. The highest BCUT2D eigenvalue weighted by Gasteiger charge is 1.98. The first-order valence-corrected chi connectivity index (χ1v) is 7.03. The van der Waals surface area contributed by atoms with Crippen molar-refractivity contribution < 1.29 is 0 Å². The van der Waals surface area contributed by atoms with Gasteiger partial charge in [-0.25, -0.2) is 9.67 Å². The summed E-state index contributed by atoms with van der Waals surface area (Å²) in [6.45, 7) is 4.05. The van der Waals surface area contributed by atoms with Crippen molar-refractivity contribution in [3.8, 4) is 0 Å². The van der Waals surface area contributed by atoms with Gasteiger partial charge >= 0.3 is 0 Å². The number of anilines is 1. The smallest absolute Gasteiger partial charge is 0.137 e. The number of hydrogen-bond donors (Lipinski definition) is 1. The van der Waals surface area contributed by atoms with Gasteiger partial charge in [0.1, 0.15) is 12.7 Å². The van der Waals surface area contributed by atoms with E-state index in [1.165, 1.54) is 36.9 Å². The molecule has 4 nitrogen and oxygen atoms in total. The van der Waals surface area contributed by atoms with Crippen LogP contribution in [0.25, 0.3) is 0 Å². The van der Waals surface area contributed by atoms with Crippen LogP contribution in [0.4, 0.5) is 5.69 Å². The Morgan fingerprint density at radius 1 is 1.21 bits per heavy atom. The molecule has 0 aliphatic rings. The molecule has 1 aromatic carbocycles. The second-order valence-electron chi connectivity index (χ2n) is 4.78. The molecule has 102 valence electrons. The molecule has 4 heteroatoms. The maximum absolute atomic E-state index is 4.12. The van der Waals surface area contributed by atoms with Gasteiger partial charge in [-0.15, -0.1) is 0 Å². The van der Waals surface area contributed by atoms with Crippen LogP contribution in [-0.2, 0) is 6.54 Å². The van der Waals surface area contributed by atoms with E-state index < -0.39 is 0 Å². The van der Waals surface area contributed by atoms with Gasteiger partial charge in [0.25, 0.3) is 0 Å². The Bertz CT molecular complexity index is 465. The van der Waals surface area contributed by atoms with Crippen LogP contribution in [0, 0.1) is 0 Å². The summed E-state index contributed by atoms with van der Waals surface area (Å²) in [6.07, 6.45) is 8.46. The third kappa shape index (κ3) is 4.73. The lowest BCUT2D eigenvalue weighted by atomic mass is 10.2. The number of benzene rings is 1. The van der Waals surface area contributed by atoms with E-state index in [0.29, 0.717) is 0 Å². The van der Waals surface area contributed by atoms with Crippen LogP contribution in [0.15, 0.2) is 36.9 Å². The zero-order valence-electron chi connectivity index (χ0n) is 11.5. The molecule has 1 aromatic heterocycles. The zero-order chi connectivity index (χ0) is 13.3. The fourth-order valence-corrected chi connectivity index (χ4v) is 2.07. The molecular formula is C15H22N4. The minimum Gasteiger partial charge on any atom is -0.385 e. The second-order valence-corrected chi connectivity index (χ2v) is 4.78. The molecule has 0 saturated heterocycles. The Balaban J connectivity index is 1.81. The summed E-state index contributed by atoms with van der Waals surface area (Å²) in [7, 11) is 0. The summed E-state index contributed by atoms with van der Waals surface area (Å²) in [6, 6.07) is 8.50. The normalized spacial score (nSPS) is 10.6. The molecule has 0 amide bonds. The molecule has 0 atom stereocenters. The van der Waals surface area contributed by atoms with E-state index in [-0.39, 0.29) is 0 Å². The average Bonchev–Trinajstić information content (AvgIpc) is 2.92. The Kier molecular flexibility index (Phi) is 5.41. The number of hydrogen-bond acceptors (Lipinski definition) is 3. The lowest BCUT2D eigenvalue weighted by molar-refractivity contribution is 0.682. The van der Waals surface area contributed by atoms with Crippen LogP contribution in [0.5, 0.6) is 0 Å². The summed E-state index contributed by atoms with van der Waals surface area (Å²) >= 11 is 0. The average molecular weight is 258 g/mol. The first kappa shape index (κ1) is 13.6. The molecule has 0 aliphatic heterocycles. The largest absolute Gasteiger partial charge is 0.385 e. The molecule has 1 N–H and O–H groups in total. The summed E-state index contributed by atoms with van der Waals surface area (Å²) in [4.78, 5) is 3.96. The van der Waals surface area contributed by atoms with Crippen LogP contribution in [-0.4, -0.2) is 21.3 Å². The first-order valence-electron chi connectivity index (χ1n) is 7.03. The van der Waals surface area contributed by atoms with Crippen LogP contribution in [0.3, 0.4) is 0 Å². The molecule has 1 heterocycles. The molecule has 2 rings (SSSR count). The molecule has 0 saturated carbocycles. The quantitative estimate of drug-likeness (QED) is 0.739. The van der Waals surface area contributed by atoms with Crippen molar-refractivity contribution in [2.75, 3.05) is 11.9 Å². The molecular weight excluding hydrogens is 236 g/mol. The number of aromatic nitrogens is 3. The number of nitrogens with one attached hydrogen (secondary N) is 1. The maximum Gasteiger partial charge on any atom is 0.137 e. The molecule has 2 aromatic rings. The number of rotatable bonds is 8. The lowest BCUT2D eigenvalue weighted by Gasteiger charge is -2.08. The van der Waals surface area contributed by atoms with Crippen LogP contribution in [0.1, 0.15) is 38.2 Å². The van der Waals surface area contributed by atoms with Gasteiger partial charge < -0.3 is 5.32 Å². The molecule has 0 bridgehead atoms. The van der Waals surface area contributed by atoms with Crippen LogP contribution < -0.4 is 5.32 Å². The van der Waals surface area contributed by atoms with Gasteiger partial charge in [-0.1, -0.05) is 38.3 Å². The van der Waals surface area contributed by atoms with Crippen molar-refractivity contribution in [1.29, 1.82) is 0 Å². The van der Waals surface area contributed by atoms with Crippen molar-refractivity contribution in [3.63, 3.8) is 0 Å². The van der Waals surface area contributed by atoms with Gasteiger partial charge in [-0.3, -0.25) is 0 Å². The van der Waals surface area contributed by atoms with E-state index in [2.05, 4.69) is 46.6 Å². The molecule has 19 heavy (non-hydrogen) atoms. The van der Waals surface area contributed by atoms with Crippen molar-refractivity contribution in [2.45, 2.75) is 39.2 Å². The highest BCUT2D eigenvalue weighted by molar-refractivity contribution is 5.45. The van der Waals surface area contributed by atoms with Gasteiger partial charge in [-0.05, 0) is 24.1 Å². The van der Waals surface area contributed by atoms with Crippen molar-refractivity contribution in [2.24, 2.45) is 0 Å². The predicted octanol–water partition coefficient (Wildman–Crippen LogP) is 3.32. The summed E-state index contributed by atoms with van der Waals surface area (Å²) < 4.78 is 1.83. The van der Waals surface area contributed by atoms with Crippen LogP contribution in [0.2, 0.25) is 0 Å². The van der Waals surface area contributed by atoms with Gasteiger partial charge in [0.15, 0.2) is 0 Å². The van der Waals surface area contributed by atoms with Crippen LogP contribution >= 0.6 is 0 Å². The van der Waals surface area contributed by atoms with Gasteiger partial charge in [-0.2, -0.15) is 5.10 Å². The Morgan fingerprint density at radius 3 is 2.95 bits per heavy atom. The number of nitrogens with zero attached hydrogens (tertiary/aromatic N) is 3. The summed E-state index contributed by atoms with van der Waals surface area (Å²) in [5, 5.41) is 7.60. The van der Waals surface area contributed by atoms with E-state index in [9.17, 15) is 0 Å².